The minimum Gasteiger partial charge on any atom is -0.481 e. The second kappa shape index (κ2) is 10.1. The molecule has 1 saturated heterocycles. The molecule has 7 nitrogen and oxygen atoms in total. The van der Waals surface area contributed by atoms with Crippen molar-refractivity contribution >= 4 is 11.7 Å². The van der Waals surface area contributed by atoms with Gasteiger partial charge in [-0.2, -0.15) is 0 Å². The van der Waals surface area contributed by atoms with E-state index in [1.54, 1.807) is 19.1 Å². The summed E-state index contributed by atoms with van der Waals surface area (Å²) in [5.74, 6) is -0.745. The highest BCUT2D eigenvalue weighted by atomic mass is 16.6. The fourth-order valence-electron chi connectivity index (χ4n) is 3.49. The maximum Gasteiger partial charge on any atom is 0.303 e. The number of hydrogen-bond donors (Lipinski definition) is 2. The van der Waals surface area contributed by atoms with Gasteiger partial charge in [0.25, 0.3) is 5.69 Å². The molecule has 0 amide bonds. The fraction of sp³-hybridized carbons (Fsp3) is 0.409. The van der Waals surface area contributed by atoms with Crippen LogP contribution in [0.5, 0.6) is 0 Å². The number of carboxylic acids is 1. The fourth-order valence-corrected chi connectivity index (χ4v) is 3.49. The lowest BCUT2D eigenvalue weighted by molar-refractivity contribution is -0.384. The molecule has 0 aromatic heterocycles. The first-order valence-electron chi connectivity index (χ1n) is 9.75. The topological polar surface area (TPSA) is 104 Å². The number of aliphatic hydroxyl groups is 1. The molecule has 2 aromatic rings. The zero-order valence-electron chi connectivity index (χ0n) is 16.8. The Balaban J connectivity index is 0.000000537. The number of nitro benzene ring substituents is 1. The number of nitro groups is 1. The highest BCUT2D eigenvalue weighted by molar-refractivity contribution is 5.66. The summed E-state index contributed by atoms with van der Waals surface area (Å²) in [4.78, 5) is 22.0. The predicted molar refractivity (Wildman–Crippen MR) is 111 cm³/mol. The van der Waals surface area contributed by atoms with E-state index >= 15 is 0 Å². The second-order valence-corrected chi connectivity index (χ2v) is 7.17. The average molecular weight is 400 g/mol. The van der Waals surface area contributed by atoms with Gasteiger partial charge in [0, 0.05) is 37.7 Å². The van der Waals surface area contributed by atoms with Crippen LogP contribution in [-0.2, 0) is 16.8 Å². The Labute approximate surface area is 170 Å². The van der Waals surface area contributed by atoms with Crippen molar-refractivity contribution in [2.45, 2.75) is 44.8 Å². The molecule has 7 heteroatoms. The van der Waals surface area contributed by atoms with E-state index in [0.717, 1.165) is 37.1 Å². The Morgan fingerprint density at radius 3 is 2.31 bits per heavy atom. The van der Waals surface area contributed by atoms with E-state index in [2.05, 4.69) is 11.8 Å². The summed E-state index contributed by atoms with van der Waals surface area (Å²) >= 11 is 0. The molecule has 3 rings (SSSR count). The number of nitrogens with zero attached hydrogens (tertiary/aromatic N) is 2. The van der Waals surface area contributed by atoms with E-state index in [4.69, 9.17) is 5.11 Å². The first-order chi connectivity index (χ1) is 13.8. The summed E-state index contributed by atoms with van der Waals surface area (Å²) in [6.07, 6.45) is 1.76. The zero-order valence-corrected chi connectivity index (χ0v) is 16.8. The molecule has 0 spiro atoms. The van der Waals surface area contributed by atoms with Crippen LogP contribution in [-0.4, -0.2) is 45.1 Å². The van der Waals surface area contributed by atoms with Gasteiger partial charge in [0.1, 0.15) is 5.60 Å². The first-order valence-corrected chi connectivity index (χ1v) is 9.75. The van der Waals surface area contributed by atoms with E-state index < -0.39 is 11.6 Å². The van der Waals surface area contributed by atoms with Crippen LogP contribution in [0, 0.1) is 10.1 Å². The van der Waals surface area contributed by atoms with Gasteiger partial charge in [-0.1, -0.05) is 49.4 Å². The van der Waals surface area contributed by atoms with Gasteiger partial charge in [0.15, 0.2) is 0 Å². The minimum atomic E-state index is -0.809. The molecular weight excluding hydrogens is 372 g/mol. The van der Waals surface area contributed by atoms with Gasteiger partial charge in [-0.25, -0.2) is 0 Å². The summed E-state index contributed by atoms with van der Waals surface area (Å²) in [5, 5.41) is 29.5. The summed E-state index contributed by atoms with van der Waals surface area (Å²) in [6.45, 7) is 5.34. The standard InChI is InChI=1S/C19H22N2O3.C3H6O2/c1-15-19(22,17-5-3-2-4-6-17)12-14-20(15)13-11-16-7-9-18(10-8-16)21(23)24;1-2-3(4)5/h2-10,15,22H,11-14H2,1H3;2H2,1H3,(H,4,5). The normalized spacial score (nSPS) is 21.3. The van der Waals surface area contributed by atoms with Crippen molar-refractivity contribution in [3.63, 3.8) is 0 Å². The highest BCUT2D eigenvalue weighted by Crippen LogP contribution is 2.37. The molecule has 156 valence electrons. The number of likely N-dealkylation sites (tertiary alicyclic amines) is 1. The van der Waals surface area contributed by atoms with Crippen LogP contribution in [0.25, 0.3) is 0 Å². The van der Waals surface area contributed by atoms with Crippen molar-refractivity contribution in [3.8, 4) is 0 Å². The van der Waals surface area contributed by atoms with Gasteiger partial charge in [0.05, 0.1) is 4.92 Å². The molecule has 1 aliphatic rings. The van der Waals surface area contributed by atoms with Gasteiger partial charge >= 0.3 is 5.97 Å². The first kappa shape index (κ1) is 22.5. The quantitative estimate of drug-likeness (QED) is 0.567. The number of aliphatic carboxylic acids is 1. The van der Waals surface area contributed by atoms with Crippen molar-refractivity contribution in [1.29, 1.82) is 0 Å². The van der Waals surface area contributed by atoms with Crippen LogP contribution in [0.2, 0.25) is 0 Å². The predicted octanol–water partition coefficient (Wildman–Crippen LogP) is 3.60. The lowest BCUT2D eigenvalue weighted by atomic mass is 9.87. The molecule has 0 aliphatic carbocycles. The summed E-state index contributed by atoms with van der Waals surface area (Å²) in [5.41, 5.74) is 1.35. The van der Waals surface area contributed by atoms with E-state index in [9.17, 15) is 20.0 Å². The lowest BCUT2D eigenvalue weighted by Crippen LogP contribution is -2.41. The average Bonchev–Trinajstić information content (AvgIpc) is 3.03. The molecule has 1 fully saturated rings. The van der Waals surface area contributed by atoms with Crippen molar-refractivity contribution in [2.75, 3.05) is 13.1 Å². The van der Waals surface area contributed by atoms with E-state index in [-0.39, 0.29) is 23.1 Å². The number of hydrogen-bond acceptors (Lipinski definition) is 5. The van der Waals surface area contributed by atoms with Gasteiger partial charge in [-0.3, -0.25) is 19.8 Å². The third-order valence-electron chi connectivity index (χ3n) is 5.43. The lowest BCUT2D eigenvalue weighted by Gasteiger charge is -2.32. The number of rotatable bonds is 6. The Bertz CT molecular complexity index is 810. The van der Waals surface area contributed by atoms with Crippen molar-refractivity contribution < 1.29 is 19.9 Å². The number of carbonyl (C=O) groups is 1. The molecule has 2 atom stereocenters. The largest absolute Gasteiger partial charge is 0.481 e. The van der Waals surface area contributed by atoms with Crippen LogP contribution in [0.1, 0.15) is 37.8 Å². The molecule has 0 bridgehead atoms. The summed E-state index contributed by atoms with van der Waals surface area (Å²) in [7, 11) is 0. The van der Waals surface area contributed by atoms with Crippen LogP contribution in [0.3, 0.4) is 0 Å². The third kappa shape index (κ3) is 5.85. The maximum atomic E-state index is 11.1. The van der Waals surface area contributed by atoms with Crippen LogP contribution < -0.4 is 0 Å². The number of benzene rings is 2. The van der Waals surface area contributed by atoms with Crippen LogP contribution >= 0.6 is 0 Å². The monoisotopic (exact) mass is 400 g/mol. The molecule has 0 saturated carbocycles. The number of non-ortho nitro benzene ring substituents is 1. The smallest absolute Gasteiger partial charge is 0.303 e. The molecule has 2 aromatic carbocycles. The Kier molecular flexibility index (Phi) is 7.87. The maximum absolute atomic E-state index is 11.1. The van der Waals surface area contributed by atoms with Crippen LogP contribution in [0.4, 0.5) is 5.69 Å². The third-order valence-corrected chi connectivity index (χ3v) is 5.43. The Hall–Kier alpha value is -2.77. The molecule has 29 heavy (non-hydrogen) atoms. The van der Waals surface area contributed by atoms with E-state index in [1.807, 2.05) is 42.5 Å². The number of carboxylic acid groups (broad SMARTS) is 1. The van der Waals surface area contributed by atoms with E-state index in [0.29, 0.717) is 0 Å². The van der Waals surface area contributed by atoms with Crippen molar-refractivity contribution in [2.24, 2.45) is 0 Å². The Morgan fingerprint density at radius 2 is 1.79 bits per heavy atom. The van der Waals surface area contributed by atoms with Crippen molar-refractivity contribution in [1.82, 2.24) is 4.90 Å². The van der Waals surface area contributed by atoms with Gasteiger partial charge in [-0.15, -0.1) is 0 Å². The van der Waals surface area contributed by atoms with Gasteiger partial charge < -0.3 is 10.2 Å². The molecule has 1 aliphatic heterocycles. The molecule has 1 heterocycles. The van der Waals surface area contributed by atoms with Crippen molar-refractivity contribution in [3.05, 3.63) is 75.8 Å². The summed E-state index contributed by atoms with van der Waals surface area (Å²) in [6, 6.07) is 16.6. The second-order valence-electron chi connectivity index (χ2n) is 7.17. The van der Waals surface area contributed by atoms with E-state index in [1.165, 1.54) is 0 Å². The van der Waals surface area contributed by atoms with Gasteiger partial charge in [0.2, 0.25) is 0 Å². The zero-order chi connectivity index (χ0) is 21.4. The summed E-state index contributed by atoms with van der Waals surface area (Å²) < 4.78 is 0. The Morgan fingerprint density at radius 1 is 1.21 bits per heavy atom. The molecule has 2 unspecified atom stereocenters. The molecular formula is C22H28N2O5. The highest BCUT2D eigenvalue weighted by Gasteiger charge is 2.44. The minimum absolute atomic E-state index is 0.0398. The molecule has 0 radical (unpaired) electrons. The SMILES string of the molecule is CC1N(CCc2ccc([N+](=O)[O-])cc2)CCC1(O)c1ccccc1.CCC(=O)O. The van der Waals surface area contributed by atoms with Gasteiger partial charge in [-0.05, 0) is 30.9 Å². The van der Waals surface area contributed by atoms with Crippen LogP contribution in [0.15, 0.2) is 54.6 Å². The molecule has 2 N–H and O–H groups in total.